The van der Waals surface area contributed by atoms with Crippen LogP contribution in [0.3, 0.4) is 0 Å². The van der Waals surface area contributed by atoms with Gasteiger partial charge in [-0.15, -0.1) is 0 Å². The fourth-order valence-corrected chi connectivity index (χ4v) is 1.18. The topological polar surface area (TPSA) is 79.8 Å². The molecule has 10 heteroatoms. The molecule has 0 saturated carbocycles. The minimum absolute atomic E-state index is 0.275. The highest BCUT2D eigenvalue weighted by Gasteiger charge is 2.42. The zero-order valence-electron chi connectivity index (χ0n) is 8.20. The second-order valence-corrected chi connectivity index (χ2v) is 2.96. The largest absolute Gasteiger partial charge is 0.434 e. The van der Waals surface area contributed by atoms with Crippen molar-refractivity contribution in [3.8, 4) is 6.07 Å². The molecule has 1 heterocycles. The van der Waals surface area contributed by atoms with Crippen molar-refractivity contribution in [1.29, 1.82) is 5.26 Å². The van der Waals surface area contributed by atoms with Gasteiger partial charge in [0.25, 0.3) is 12.1 Å². The van der Waals surface area contributed by atoms with Gasteiger partial charge in [0, 0.05) is 0 Å². The quantitative estimate of drug-likeness (QED) is 0.468. The van der Waals surface area contributed by atoms with Crippen molar-refractivity contribution in [2.24, 2.45) is 0 Å². The molecule has 0 bridgehead atoms. The van der Waals surface area contributed by atoms with E-state index in [9.17, 15) is 32.1 Å². The highest BCUT2D eigenvalue weighted by atomic mass is 19.4. The summed E-state index contributed by atoms with van der Waals surface area (Å²) in [4.78, 5) is 11.7. The summed E-state index contributed by atoms with van der Waals surface area (Å²) in [6.07, 6.45) is -9.05. The van der Waals surface area contributed by atoms with Crippen LogP contribution in [0, 0.1) is 21.4 Å². The summed E-state index contributed by atoms with van der Waals surface area (Å²) in [7, 11) is 0. The molecule has 1 rings (SSSR count). The predicted molar refractivity (Wildman–Crippen MR) is 45.6 cm³/mol. The lowest BCUT2D eigenvalue weighted by atomic mass is 10.1. The van der Waals surface area contributed by atoms with E-state index < -0.39 is 40.2 Å². The van der Waals surface area contributed by atoms with Crippen molar-refractivity contribution in [2.75, 3.05) is 0 Å². The number of nitriles is 1. The maximum absolute atomic E-state index is 12.5. The third-order valence-electron chi connectivity index (χ3n) is 1.83. The van der Waals surface area contributed by atoms with E-state index in [1.165, 1.54) is 0 Å². The first-order valence-electron chi connectivity index (χ1n) is 4.13. The van der Waals surface area contributed by atoms with Crippen molar-refractivity contribution >= 4 is 5.69 Å². The standard InChI is InChI=1S/C8H2F5N3O2/c9-7(10)5-4(16(17)18)1-3(2-14)15-6(5)8(11,12)13/h1,7H. The van der Waals surface area contributed by atoms with Gasteiger partial charge < -0.3 is 0 Å². The Morgan fingerprint density at radius 2 is 2.00 bits per heavy atom. The van der Waals surface area contributed by atoms with Crippen LogP contribution in [0.5, 0.6) is 0 Å². The molecular weight excluding hydrogens is 265 g/mol. The number of alkyl halides is 5. The van der Waals surface area contributed by atoms with Gasteiger partial charge in [-0.1, -0.05) is 0 Å². The molecule has 18 heavy (non-hydrogen) atoms. The van der Waals surface area contributed by atoms with Gasteiger partial charge in [-0.2, -0.15) is 18.4 Å². The van der Waals surface area contributed by atoms with E-state index in [0.29, 0.717) is 0 Å². The summed E-state index contributed by atoms with van der Waals surface area (Å²) in [6, 6.07) is 1.41. The molecule has 0 spiro atoms. The summed E-state index contributed by atoms with van der Waals surface area (Å²) in [5.41, 5.74) is -6.41. The smallest absolute Gasteiger partial charge is 0.258 e. The number of hydrogen-bond donors (Lipinski definition) is 0. The third kappa shape index (κ3) is 2.50. The molecule has 0 fully saturated rings. The van der Waals surface area contributed by atoms with Crippen molar-refractivity contribution in [1.82, 2.24) is 4.98 Å². The van der Waals surface area contributed by atoms with Crippen LogP contribution in [0.2, 0.25) is 0 Å². The molecule has 96 valence electrons. The zero-order valence-corrected chi connectivity index (χ0v) is 8.20. The predicted octanol–water partition coefficient (Wildman–Crippen LogP) is 2.82. The molecule has 0 amide bonds. The Morgan fingerprint density at radius 3 is 2.33 bits per heavy atom. The van der Waals surface area contributed by atoms with Crippen LogP contribution in [0.1, 0.15) is 23.4 Å². The van der Waals surface area contributed by atoms with Crippen LogP contribution in [0.25, 0.3) is 0 Å². The lowest BCUT2D eigenvalue weighted by Crippen LogP contribution is -2.15. The number of rotatable bonds is 2. The Balaban J connectivity index is 3.73. The van der Waals surface area contributed by atoms with Crippen molar-refractivity contribution < 1.29 is 26.9 Å². The molecule has 0 aromatic carbocycles. The average Bonchev–Trinajstić information content (AvgIpc) is 2.25. The van der Waals surface area contributed by atoms with Crippen LogP contribution >= 0.6 is 0 Å². The van der Waals surface area contributed by atoms with Gasteiger partial charge in [0.05, 0.1) is 11.0 Å². The highest BCUT2D eigenvalue weighted by molar-refractivity contribution is 5.48. The molecule has 1 aromatic heterocycles. The summed E-state index contributed by atoms with van der Waals surface area (Å²) >= 11 is 0. The maximum atomic E-state index is 12.5. The van der Waals surface area contributed by atoms with E-state index in [4.69, 9.17) is 5.26 Å². The molecule has 0 aliphatic heterocycles. The summed E-state index contributed by atoms with van der Waals surface area (Å²) < 4.78 is 62.3. The van der Waals surface area contributed by atoms with Crippen molar-refractivity contribution in [2.45, 2.75) is 12.6 Å². The van der Waals surface area contributed by atoms with Gasteiger partial charge >= 0.3 is 6.18 Å². The highest BCUT2D eigenvalue weighted by Crippen LogP contribution is 2.39. The van der Waals surface area contributed by atoms with Crippen LogP contribution in [0.15, 0.2) is 6.07 Å². The number of halogens is 5. The second kappa shape index (κ2) is 4.52. The molecular formula is C8H2F5N3O2. The van der Waals surface area contributed by atoms with E-state index in [2.05, 4.69) is 4.98 Å². The average molecular weight is 267 g/mol. The molecule has 0 aliphatic carbocycles. The first kappa shape index (κ1) is 13.8. The van der Waals surface area contributed by atoms with Gasteiger partial charge in [-0.3, -0.25) is 10.1 Å². The first-order chi connectivity index (χ1) is 8.18. The normalized spacial score (nSPS) is 11.4. The molecule has 0 unspecified atom stereocenters. The van der Waals surface area contributed by atoms with Gasteiger partial charge in [0.15, 0.2) is 5.69 Å². The third-order valence-corrected chi connectivity index (χ3v) is 1.83. The number of aromatic nitrogens is 1. The Morgan fingerprint density at radius 1 is 1.44 bits per heavy atom. The molecule has 0 aliphatic rings. The van der Waals surface area contributed by atoms with Crippen LogP contribution < -0.4 is 0 Å². The summed E-state index contributed by atoms with van der Waals surface area (Å²) in [6.45, 7) is 0. The van der Waals surface area contributed by atoms with Crippen molar-refractivity contribution in [3.05, 3.63) is 33.1 Å². The van der Waals surface area contributed by atoms with Gasteiger partial charge in [0.1, 0.15) is 17.3 Å². The number of hydrogen-bond acceptors (Lipinski definition) is 4. The van der Waals surface area contributed by atoms with Gasteiger partial charge in [-0.05, 0) is 0 Å². The van der Waals surface area contributed by atoms with E-state index in [1.54, 1.807) is 0 Å². The monoisotopic (exact) mass is 267 g/mol. The number of pyridine rings is 1. The Labute approximate surface area is 95.6 Å². The van der Waals surface area contributed by atoms with Crippen LogP contribution in [0.4, 0.5) is 27.6 Å². The SMILES string of the molecule is N#Cc1cc([N+](=O)[O-])c(C(F)F)c(C(F)(F)F)n1. The molecule has 0 radical (unpaired) electrons. The summed E-state index contributed by atoms with van der Waals surface area (Å²) in [5, 5.41) is 18.8. The van der Waals surface area contributed by atoms with Gasteiger partial charge in [0.2, 0.25) is 0 Å². The fraction of sp³-hybridized carbons (Fsp3) is 0.250. The fourth-order valence-electron chi connectivity index (χ4n) is 1.18. The lowest BCUT2D eigenvalue weighted by Gasteiger charge is -2.11. The lowest BCUT2D eigenvalue weighted by molar-refractivity contribution is -0.386. The second-order valence-electron chi connectivity index (χ2n) is 2.96. The number of nitro groups is 1. The van der Waals surface area contributed by atoms with E-state index in [-0.39, 0.29) is 6.07 Å². The molecule has 0 N–H and O–H groups in total. The maximum Gasteiger partial charge on any atom is 0.434 e. The molecule has 0 saturated heterocycles. The minimum atomic E-state index is -5.32. The Bertz CT molecular complexity index is 535. The number of nitrogens with zero attached hydrogens (tertiary/aromatic N) is 3. The minimum Gasteiger partial charge on any atom is -0.258 e. The Hall–Kier alpha value is -2.31. The first-order valence-corrected chi connectivity index (χ1v) is 4.13. The molecule has 5 nitrogen and oxygen atoms in total. The van der Waals surface area contributed by atoms with Crippen LogP contribution in [-0.4, -0.2) is 9.91 Å². The van der Waals surface area contributed by atoms with Crippen molar-refractivity contribution in [3.63, 3.8) is 0 Å². The summed E-state index contributed by atoms with van der Waals surface area (Å²) in [5.74, 6) is 0. The van der Waals surface area contributed by atoms with E-state index in [0.717, 1.165) is 6.07 Å². The molecule has 0 atom stereocenters. The zero-order chi connectivity index (χ0) is 14.1. The van der Waals surface area contributed by atoms with E-state index >= 15 is 0 Å². The van der Waals surface area contributed by atoms with E-state index in [1.807, 2.05) is 0 Å². The molecule has 1 aromatic rings. The van der Waals surface area contributed by atoms with Gasteiger partial charge in [-0.25, -0.2) is 13.8 Å². The van der Waals surface area contributed by atoms with Crippen LogP contribution in [-0.2, 0) is 6.18 Å². The Kier molecular flexibility index (Phi) is 3.45.